The average molecular weight is 317 g/mol. The summed E-state index contributed by atoms with van der Waals surface area (Å²) >= 11 is 0. The molecule has 0 saturated carbocycles. The Kier molecular flexibility index (Phi) is 5.79. The molecule has 0 aromatic heterocycles. The van der Waals surface area contributed by atoms with Crippen LogP contribution in [0.1, 0.15) is 19.8 Å². The van der Waals surface area contributed by atoms with Gasteiger partial charge in [0.15, 0.2) is 5.71 Å². The molecule has 8 nitrogen and oxygen atoms in total. The smallest absolute Gasteiger partial charge is 0.303 e. The van der Waals surface area contributed by atoms with Crippen molar-refractivity contribution in [2.45, 2.75) is 19.8 Å². The number of carbonyl (C=O) groups excluding carboxylic acids is 1. The SMILES string of the molecule is CON=C1C(=O)C(C)=CC=C1S(=O)(=O)OCCCC(=O)O. The molecule has 0 unspecified atom stereocenters. The van der Waals surface area contributed by atoms with Gasteiger partial charge in [0.25, 0.3) is 10.1 Å². The maximum Gasteiger partial charge on any atom is 0.303 e. The van der Waals surface area contributed by atoms with E-state index in [4.69, 9.17) is 9.29 Å². The summed E-state index contributed by atoms with van der Waals surface area (Å²) in [6.07, 6.45) is 2.35. The molecule has 0 aliphatic heterocycles. The molecule has 0 saturated heterocycles. The van der Waals surface area contributed by atoms with Gasteiger partial charge in [-0.3, -0.25) is 13.8 Å². The fourth-order valence-electron chi connectivity index (χ4n) is 1.49. The van der Waals surface area contributed by atoms with Gasteiger partial charge < -0.3 is 9.94 Å². The molecule has 9 heteroatoms. The van der Waals surface area contributed by atoms with Crippen molar-refractivity contribution in [3.63, 3.8) is 0 Å². The van der Waals surface area contributed by atoms with E-state index in [2.05, 4.69) is 9.99 Å². The van der Waals surface area contributed by atoms with Gasteiger partial charge in [-0.15, -0.1) is 0 Å². The van der Waals surface area contributed by atoms with Gasteiger partial charge in [0.05, 0.1) is 6.61 Å². The molecular weight excluding hydrogens is 302 g/mol. The molecule has 0 radical (unpaired) electrons. The van der Waals surface area contributed by atoms with Crippen molar-refractivity contribution in [1.82, 2.24) is 0 Å². The lowest BCUT2D eigenvalue weighted by atomic mass is 10.0. The van der Waals surface area contributed by atoms with Crippen molar-refractivity contribution in [1.29, 1.82) is 0 Å². The Bertz CT molecular complexity index is 628. The number of aliphatic carboxylic acids is 1. The van der Waals surface area contributed by atoms with Crippen LogP contribution in [0, 0.1) is 0 Å². The molecule has 21 heavy (non-hydrogen) atoms. The minimum Gasteiger partial charge on any atom is -0.481 e. The highest BCUT2D eigenvalue weighted by Crippen LogP contribution is 2.20. The number of carboxylic acids is 1. The molecule has 0 aromatic carbocycles. The van der Waals surface area contributed by atoms with Gasteiger partial charge in [-0.1, -0.05) is 11.2 Å². The van der Waals surface area contributed by atoms with Crippen LogP contribution in [-0.2, 0) is 28.7 Å². The number of nitrogens with zero attached hydrogens (tertiary/aromatic N) is 1. The highest BCUT2D eigenvalue weighted by Gasteiger charge is 2.32. The Morgan fingerprint density at radius 3 is 2.62 bits per heavy atom. The van der Waals surface area contributed by atoms with Crippen LogP contribution in [0.15, 0.2) is 27.8 Å². The Balaban J connectivity index is 2.92. The Morgan fingerprint density at radius 2 is 2.05 bits per heavy atom. The second kappa shape index (κ2) is 7.14. The van der Waals surface area contributed by atoms with Gasteiger partial charge in [0, 0.05) is 6.42 Å². The van der Waals surface area contributed by atoms with Crippen molar-refractivity contribution in [2.75, 3.05) is 13.7 Å². The summed E-state index contributed by atoms with van der Waals surface area (Å²) < 4.78 is 28.7. The van der Waals surface area contributed by atoms with Gasteiger partial charge in [-0.05, 0) is 25.0 Å². The number of hydrogen-bond acceptors (Lipinski definition) is 7. The zero-order valence-corrected chi connectivity index (χ0v) is 12.3. The molecular formula is C12H15NO7S. The van der Waals surface area contributed by atoms with Gasteiger partial charge in [-0.2, -0.15) is 8.42 Å². The van der Waals surface area contributed by atoms with Crippen molar-refractivity contribution >= 4 is 27.6 Å². The van der Waals surface area contributed by atoms with Crippen LogP contribution in [0.4, 0.5) is 0 Å². The van der Waals surface area contributed by atoms with Crippen LogP contribution < -0.4 is 0 Å². The number of ketones is 1. The van der Waals surface area contributed by atoms with E-state index in [0.717, 1.165) is 0 Å². The summed E-state index contributed by atoms with van der Waals surface area (Å²) in [5, 5.41) is 11.9. The third kappa shape index (κ3) is 4.50. The van der Waals surface area contributed by atoms with Crippen LogP contribution in [0.2, 0.25) is 0 Å². The number of hydrogen-bond donors (Lipinski definition) is 1. The van der Waals surface area contributed by atoms with E-state index in [-0.39, 0.29) is 25.2 Å². The Labute approximate surface area is 121 Å². The first-order valence-electron chi connectivity index (χ1n) is 5.95. The molecule has 0 fully saturated rings. The van der Waals surface area contributed by atoms with E-state index >= 15 is 0 Å². The van der Waals surface area contributed by atoms with Crippen molar-refractivity contribution in [3.05, 3.63) is 22.6 Å². The Morgan fingerprint density at radius 1 is 1.38 bits per heavy atom. The summed E-state index contributed by atoms with van der Waals surface area (Å²) in [6, 6.07) is 0. The first-order valence-corrected chi connectivity index (χ1v) is 7.36. The van der Waals surface area contributed by atoms with Crippen LogP contribution in [0.5, 0.6) is 0 Å². The number of carbonyl (C=O) groups is 2. The quantitative estimate of drug-likeness (QED) is 0.316. The van der Waals surface area contributed by atoms with Crippen LogP contribution in [-0.4, -0.2) is 44.7 Å². The van der Waals surface area contributed by atoms with Crippen LogP contribution in [0.25, 0.3) is 0 Å². The number of oxime groups is 1. The minimum atomic E-state index is -4.22. The number of Topliss-reactive ketones (excluding diaryl/α,β-unsaturated/α-hetero) is 1. The molecule has 0 bridgehead atoms. The fraction of sp³-hybridized carbons (Fsp3) is 0.417. The van der Waals surface area contributed by atoms with Gasteiger partial charge in [-0.25, -0.2) is 0 Å². The van der Waals surface area contributed by atoms with Crippen molar-refractivity contribution in [2.24, 2.45) is 5.16 Å². The van der Waals surface area contributed by atoms with Crippen molar-refractivity contribution in [3.8, 4) is 0 Å². The fourth-order valence-corrected chi connectivity index (χ4v) is 2.55. The van der Waals surface area contributed by atoms with Gasteiger partial charge in [0.1, 0.15) is 12.0 Å². The summed E-state index contributed by atoms with van der Waals surface area (Å²) in [5.41, 5.74) is -0.0497. The average Bonchev–Trinajstić information content (AvgIpc) is 2.40. The first kappa shape index (κ1) is 17.1. The van der Waals surface area contributed by atoms with Gasteiger partial charge in [0.2, 0.25) is 5.78 Å². The third-order valence-electron chi connectivity index (χ3n) is 2.52. The van der Waals surface area contributed by atoms with E-state index in [1.807, 2.05) is 0 Å². The lowest BCUT2D eigenvalue weighted by molar-refractivity contribution is -0.137. The minimum absolute atomic E-state index is 0.0292. The van der Waals surface area contributed by atoms with Crippen LogP contribution in [0.3, 0.4) is 0 Å². The molecule has 1 N–H and O–H groups in total. The molecule has 0 amide bonds. The second-order valence-electron chi connectivity index (χ2n) is 4.11. The Hall–Kier alpha value is -2.00. The highest BCUT2D eigenvalue weighted by atomic mass is 32.2. The summed E-state index contributed by atoms with van der Waals surface area (Å²) in [4.78, 5) is 26.3. The zero-order valence-electron chi connectivity index (χ0n) is 11.5. The topological polar surface area (TPSA) is 119 Å². The van der Waals surface area contributed by atoms with E-state index in [0.29, 0.717) is 5.57 Å². The molecule has 1 aliphatic carbocycles. The molecule has 0 aromatic rings. The summed E-state index contributed by atoms with van der Waals surface area (Å²) in [6.45, 7) is 1.21. The maximum atomic E-state index is 12.0. The monoisotopic (exact) mass is 317 g/mol. The lowest BCUT2D eigenvalue weighted by Crippen LogP contribution is -2.27. The van der Waals surface area contributed by atoms with E-state index < -0.39 is 26.8 Å². The number of allylic oxidation sites excluding steroid dienone is 4. The van der Waals surface area contributed by atoms with Crippen LogP contribution >= 0.6 is 0 Å². The molecule has 0 atom stereocenters. The molecule has 1 aliphatic rings. The largest absolute Gasteiger partial charge is 0.481 e. The lowest BCUT2D eigenvalue weighted by Gasteiger charge is -2.13. The van der Waals surface area contributed by atoms with E-state index in [1.54, 1.807) is 0 Å². The normalized spacial score (nSPS) is 17.4. The molecule has 0 spiro atoms. The zero-order chi connectivity index (χ0) is 16.0. The predicted octanol–water partition coefficient (Wildman–Crippen LogP) is 0.613. The molecule has 1 rings (SSSR count). The maximum absolute atomic E-state index is 12.0. The molecule has 116 valence electrons. The number of rotatable bonds is 7. The highest BCUT2D eigenvalue weighted by molar-refractivity contribution is 7.92. The van der Waals surface area contributed by atoms with Gasteiger partial charge >= 0.3 is 5.97 Å². The predicted molar refractivity (Wildman–Crippen MR) is 73.0 cm³/mol. The first-order chi connectivity index (χ1) is 9.79. The third-order valence-corrected chi connectivity index (χ3v) is 3.86. The number of carboxylic acid groups (broad SMARTS) is 1. The summed E-state index contributed by atoms with van der Waals surface area (Å²) in [7, 11) is -3.03. The molecule has 0 heterocycles. The van der Waals surface area contributed by atoms with E-state index in [1.165, 1.54) is 26.2 Å². The van der Waals surface area contributed by atoms with E-state index in [9.17, 15) is 18.0 Å². The van der Waals surface area contributed by atoms with Crippen molar-refractivity contribution < 1.29 is 32.1 Å². The standard InChI is InChI=1S/C12H15NO7S/c1-8-5-6-9(11(12(8)16)13-19-2)21(17,18)20-7-3-4-10(14)15/h5-6H,3-4,7H2,1-2H3,(H,14,15). The second-order valence-corrected chi connectivity index (χ2v) is 5.69. The summed E-state index contributed by atoms with van der Waals surface area (Å²) in [5.74, 6) is -1.63.